The number of nitrogens with zero attached hydrogens (tertiary/aromatic N) is 14. The Morgan fingerprint density at radius 3 is 1.74 bits per heavy atom. The number of H-pyrrole nitrogens is 1. The number of amides is 3. The van der Waals surface area contributed by atoms with Crippen molar-refractivity contribution in [1.29, 1.82) is 0 Å². The van der Waals surface area contributed by atoms with E-state index in [0.717, 1.165) is 22.3 Å². The van der Waals surface area contributed by atoms with Crippen molar-refractivity contribution in [1.82, 2.24) is 53.5 Å². The van der Waals surface area contributed by atoms with Crippen LogP contribution in [0.4, 0.5) is 51.7 Å². The number of anilines is 5. The van der Waals surface area contributed by atoms with Crippen LogP contribution in [0.15, 0.2) is 21.7 Å². The van der Waals surface area contributed by atoms with Crippen LogP contribution in [0, 0.1) is 0 Å². The molecule has 0 aromatic carbocycles. The van der Waals surface area contributed by atoms with Crippen LogP contribution < -0.4 is 36.0 Å². The van der Waals surface area contributed by atoms with Crippen molar-refractivity contribution >= 4 is 70.2 Å². The highest BCUT2D eigenvalue weighted by atomic mass is 35.5. The van der Waals surface area contributed by atoms with Crippen LogP contribution in [-0.4, -0.2) is 188 Å². The second-order valence-electron chi connectivity index (χ2n) is 20.6. The summed E-state index contributed by atoms with van der Waals surface area (Å²) in [7, 11) is 0. The average Bonchev–Trinajstić information content (AvgIpc) is 4.10. The van der Waals surface area contributed by atoms with Gasteiger partial charge in [0.1, 0.15) is 34.8 Å². The summed E-state index contributed by atoms with van der Waals surface area (Å²) in [4.78, 5) is 94.0. The molecule has 9 rings (SSSR count). The fourth-order valence-electron chi connectivity index (χ4n) is 9.13. The van der Waals surface area contributed by atoms with Gasteiger partial charge in [0, 0.05) is 78.5 Å². The monoisotopic (exact) mass is 1100 g/mol. The molecule has 77 heavy (non-hydrogen) atoms. The first-order chi connectivity index (χ1) is 36.4. The van der Waals surface area contributed by atoms with Gasteiger partial charge in [-0.2, -0.15) is 32.2 Å². The van der Waals surface area contributed by atoms with Gasteiger partial charge in [0.25, 0.3) is 16.9 Å². The molecule has 420 valence electrons. The summed E-state index contributed by atoms with van der Waals surface area (Å²) in [5, 5.41) is 9.61. The predicted octanol–water partition coefficient (Wildman–Crippen LogP) is 3.93. The lowest BCUT2D eigenvalue weighted by molar-refractivity contribution is -0.141. The van der Waals surface area contributed by atoms with Crippen LogP contribution in [0.25, 0.3) is 11.6 Å². The molecule has 4 saturated heterocycles. The van der Waals surface area contributed by atoms with E-state index in [1.807, 2.05) is 49.3 Å². The van der Waals surface area contributed by atoms with E-state index in [1.165, 1.54) is 4.52 Å². The summed E-state index contributed by atoms with van der Waals surface area (Å²) in [5.41, 5.74) is -1.00. The summed E-state index contributed by atoms with van der Waals surface area (Å²) in [5.74, 6) is 0.770. The zero-order chi connectivity index (χ0) is 55.6. The number of piperazine rings is 2. The third-order valence-corrected chi connectivity index (χ3v) is 13.1. The fraction of sp³-hybridized carbons (Fsp3) is 0.625. The standard InChI is InChI=1S/C28H35ClF3N9O5.C20H31N7O4/c1-5-18-21(37-8-10-39(11-9-37)26(44)46-27(2,3)4)23(43)41-25(35-24(36-41)38-12-14-45-15-13-38)40(18)16-20(42)33-17-6-7-19(28(30,31)32)34-22(17)29;1-5-14-15(24-6-8-26(9-7-24)19(29)31-20(2,3)4)16(28)27-17(21-14)22-18(23-27)25-10-12-30-13-11-25/h6-7H,5,8-16H2,1-4H3,(H,33,42);5-13H2,1-4H3,(H,21,22,23). The van der Waals surface area contributed by atoms with Gasteiger partial charge in [-0.25, -0.2) is 19.6 Å². The van der Waals surface area contributed by atoms with Crippen LogP contribution in [0.1, 0.15) is 72.5 Å². The average molecular weight is 1100 g/mol. The first-order valence-electron chi connectivity index (χ1n) is 25.6. The molecule has 4 fully saturated rings. The number of halogens is 4. The van der Waals surface area contributed by atoms with E-state index in [4.69, 9.17) is 30.5 Å². The smallest absolute Gasteiger partial charge is 0.433 e. The molecule has 5 aromatic rings. The van der Waals surface area contributed by atoms with Crippen molar-refractivity contribution < 1.29 is 46.5 Å². The highest BCUT2D eigenvalue weighted by molar-refractivity contribution is 6.32. The largest absolute Gasteiger partial charge is 0.444 e. The molecule has 0 aliphatic carbocycles. The van der Waals surface area contributed by atoms with E-state index in [-0.39, 0.29) is 29.7 Å². The Hall–Kier alpha value is -6.94. The zero-order valence-corrected chi connectivity index (χ0v) is 45.3. The number of rotatable bonds is 9. The SMILES string of the molecule is CCc1c(N2CCN(C(=O)OC(C)(C)C)CC2)c(=O)n2nc(N3CCOCC3)nc2n1CC(=O)Nc1ccc(C(F)(F)F)nc1Cl.CCc1nc2nc(N3CCOCC3)[nH]n2c(=O)c1N1CCN(C(=O)OC(C)(C)C)CC1. The Balaban J connectivity index is 0.000000220. The predicted molar refractivity (Wildman–Crippen MR) is 279 cm³/mol. The number of aromatic amines is 1. The molecule has 2 N–H and O–H groups in total. The number of fused-ring (bicyclic) bond motifs is 2. The summed E-state index contributed by atoms with van der Waals surface area (Å²) in [6.07, 6.45) is -4.53. The van der Waals surface area contributed by atoms with Crippen LogP contribution in [0.3, 0.4) is 0 Å². The van der Waals surface area contributed by atoms with Gasteiger partial charge in [-0.05, 0) is 66.5 Å². The Kier molecular flexibility index (Phi) is 16.8. The number of carbonyl (C=O) groups is 3. The van der Waals surface area contributed by atoms with Crippen molar-refractivity contribution in [3.05, 3.63) is 55.1 Å². The Morgan fingerprint density at radius 1 is 0.688 bits per heavy atom. The minimum Gasteiger partial charge on any atom is -0.444 e. The van der Waals surface area contributed by atoms with E-state index < -0.39 is 45.8 Å². The molecule has 0 radical (unpaired) electrons. The molecule has 0 unspecified atom stereocenters. The number of morpholine rings is 2. The van der Waals surface area contributed by atoms with Crippen LogP contribution in [-0.2, 0) is 49.3 Å². The summed E-state index contributed by atoms with van der Waals surface area (Å²) in [6.45, 7) is 22.3. The number of nitrogens with one attached hydrogen (secondary N) is 2. The molecule has 3 amide bonds. The van der Waals surface area contributed by atoms with Gasteiger partial charge in [0.05, 0.1) is 43.5 Å². The van der Waals surface area contributed by atoms with E-state index >= 15 is 0 Å². The molecule has 25 nitrogen and oxygen atoms in total. The summed E-state index contributed by atoms with van der Waals surface area (Å²) >= 11 is 5.98. The molecule has 0 saturated carbocycles. The lowest BCUT2D eigenvalue weighted by atomic mass is 10.2. The highest BCUT2D eigenvalue weighted by Gasteiger charge is 2.35. The molecule has 0 spiro atoms. The van der Waals surface area contributed by atoms with E-state index in [0.29, 0.717) is 153 Å². The summed E-state index contributed by atoms with van der Waals surface area (Å²) in [6, 6.07) is 1.75. The van der Waals surface area contributed by atoms with Crippen molar-refractivity contribution in [3.8, 4) is 0 Å². The number of alkyl halides is 3. The quantitative estimate of drug-likeness (QED) is 0.199. The molecule has 0 atom stereocenters. The molecule has 29 heteroatoms. The second kappa shape index (κ2) is 23.0. The lowest BCUT2D eigenvalue weighted by Gasteiger charge is -2.37. The van der Waals surface area contributed by atoms with Crippen molar-refractivity contribution in [2.24, 2.45) is 0 Å². The van der Waals surface area contributed by atoms with Crippen LogP contribution in [0.5, 0.6) is 0 Å². The minimum atomic E-state index is -4.70. The molecule has 4 aliphatic rings. The van der Waals surface area contributed by atoms with Gasteiger partial charge >= 0.3 is 18.4 Å². The topological polar surface area (TPSA) is 248 Å². The third kappa shape index (κ3) is 13.1. The molecule has 9 heterocycles. The van der Waals surface area contributed by atoms with Crippen molar-refractivity contribution in [3.63, 3.8) is 0 Å². The number of aromatic nitrogens is 9. The maximum Gasteiger partial charge on any atom is 0.433 e. The number of hydrogen-bond donors (Lipinski definition) is 2. The lowest BCUT2D eigenvalue weighted by Crippen LogP contribution is -2.51. The number of carbonyl (C=O) groups excluding carboxylic acids is 3. The Bertz CT molecular complexity index is 3070. The van der Waals surface area contributed by atoms with E-state index in [1.54, 1.807) is 35.1 Å². The number of hydrogen-bond acceptors (Lipinski definition) is 18. The normalized spacial score (nSPS) is 16.9. The van der Waals surface area contributed by atoms with Crippen molar-refractivity contribution in [2.75, 3.05) is 130 Å². The van der Waals surface area contributed by atoms with Gasteiger partial charge in [0.15, 0.2) is 5.15 Å². The Labute approximate surface area is 446 Å². The fourth-order valence-corrected chi connectivity index (χ4v) is 9.33. The maximum absolute atomic E-state index is 14.0. The molecule has 0 bridgehead atoms. The third-order valence-electron chi connectivity index (χ3n) is 12.8. The number of pyridine rings is 1. The first kappa shape index (κ1) is 56.3. The highest BCUT2D eigenvalue weighted by Crippen LogP contribution is 2.31. The number of aryl methyl sites for hydroxylation is 1. The molecule has 4 aliphatic heterocycles. The molecular formula is C48H66ClF3N16O9. The van der Waals surface area contributed by atoms with Gasteiger partial charge in [-0.15, -0.1) is 5.10 Å². The van der Waals surface area contributed by atoms with Gasteiger partial charge in [0.2, 0.25) is 23.6 Å². The van der Waals surface area contributed by atoms with Crippen molar-refractivity contribution in [2.45, 2.75) is 92.2 Å². The van der Waals surface area contributed by atoms with E-state index in [2.05, 4.69) is 40.3 Å². The van der Waals surface area contributed by atoms with Gasteiger partial charge in [-0.3, -0.25) is 19.5 Å². The van der Waals surface area contributed by atoms with Crippen LogP contribution >= 0.6 is 11.6 Å². The van der Waals surface area contributed by atoms with Gasteiger partial charge < -0.3 is 58.2 Å². The second-order valence-corrected chi connectivity index (χ2v) is 21.0. The molecule has 5 aromatic heterocycles. The summed E-state index contributed by atoms with van der Waals surface area (Å²) < 4.78 is 65.2. The number of ether oxygens (including phenoxy) is 4. The van der Waals surface area contributed by atoms with Gasteiger partial charge in [-0.1, -0.05) is 25.4 Å². The zero-order valence-electron chi connectivity index (χ0n) is 44.5. The Morgan fingerprint density at radius 2 is 1.23 bits per heavy atom. The maximum atomic E-state index is 14.0. The first-order valence-corrected chi connectivity index (χ1v) is 26.0. The van der Waals surface area contributed by atoms with E-state index in [9.17, 15) is 37.1 Å². The minimum absolute atomic E-state index is 0.108. The molecular weight excluding hydrogens is 1040 g/mol. The van der Waals surface area contributed by atoms with Crippen LogP contribution in [0.2, 0.25) is 5.15 Å².